The minimum absolute atomic E-state index is 0.152. The van der Waals surface area contributed by atoms with Crippen LogP contribution in [0.5, 0.6) is 0 Å². The van der Waals surface area contributed by atoms with Crippen LogP contribution in [0.2, 0.25) is 0 Å². The Labute approximate surface area is 125 Å². The van der Waals surface area contributed by atoms with Crippen molar-refractivity contribution in [3.63, 3.8) is 0 Å². The Balaban J connectivity index is 2.03. The average Bonchev–Trinajstić information content (AvgIpc) is 2.53. The first-order valence-corrected chi connectivity index (χ1v) is 7.29. The Morgan fingerprint density at radius 3 is 2.62 bits per heavy atom. The van der Waals surface area contributed by atoms with Gasteiger partial charge in [-0.1, -0.05) is 31.2 Å². The van der Waals surface area contributed by atoms with Crippen LogP contribution in [-0.2, 0) is 13.0 Å². The standard InChI is InChI=1S/C17H21N3O/c1-3-13-7-5-6-8-14(13)12-20-17(21)16-11-15(18-4-2)9-10-19-16/h5-11H,3-4,12H2,1-2H3,(H,18,19)(H,20,21). The Bertz CT molecular complexity index is 610. The molecular weight excluding hydrogens is 262 g/mol. The third-order valence-corrected chi connectivity index (χ3v) is 3.31. The van der Waals surface area contributed by atoms with Crippen LogP contribution < -0.4 is 10.6 Å². The smallest absolute Gasteiger partial charge is 0.270 e. The van der Waals surface area contributed by atoms with Crippen LogP contribution in [0.3, 0.4) is 0 Å². The molecule has 0 aliphatic rings. The zero-order chi connectivity index (χ0) is 15.1. The quantitative estimate of drug-likeness (QED) is 0.857. The van der Waals surface area contributed by atoms with E-state index in [9.17, 15) is 4.79 Å². The molecule has 0 fully saturated rings. The summed E-state index contributed by atoms with van der Waals surface area (Å²) in [6, 6.07) is 11.8. The Kier molecular flexibility index (Phi) is 5.32. The van der Waals surface area contributed by atoms with E-state index in [1.54, 1.807) is 12.3 Å². The summed E-state index contributed by atoms with van der Waals surface area (Å²) in [5.74, 6) is -0.152. The van der Waals surface area contributed by atoms with Gasteiger partial charge in [-0.05, 0) is 36.6 Å². The lowest BCUT2D eigenvalue weighted by atomic mass is 10.1. The van der Waals surface area contributed by atoms with Crippen LogP contribution >= 0.6 is 0 Å². The third-order valence-electron chi connectivity index (χ3n) is 3.31. The van der Waals surface area contributed by atoms with Gasteiger partial charge in [0.2, 0.25) is 0 Å². The number of hydrogen-bond acceptors (Lipinski definition) is 3. The van der Waals surface area contributed by atoms with E-state index in [2.05, 4.69) is 28.6 Å². The summed E-state index contributed by atoms with van der Waals surface area (Å²) in [6.45, 7) is 5.47. The first-order valence-electron chi connectivity index (χ1n) is 7.29. The summed E-state index contributed by atoms with van der Waals surface area (Å²) < 4.78 is 0. The van der Waals surface area contributed by atoms with Gasteiger partial charge in [-0.15, -0.1) is 0 Å². The summed E-state index contributed by atoms with van der Waals surface area (Å²) in [5.41, 5.74) is 3.75. The molecule has 1 aromatic carbocycles. The van der Waals surface area contributed by atoms with Gasteiger partial charge in [0.15, 0.2) is 0 Å². The molecule has 1 heterocycles. The molecule has 0 atom stereocenters. The van der Waals surface area contributed by atoms with Crippen molar-refractivity contribution >= 4 is 11.6 Å². The molecule has 0 aliphatic carbocycles. The van der Waals surface area contributed by atoms with Crippen molar-refractivity contribution in [1.82, 2.24) is 10.3 Å². The Morgan fingerprint density at radius 1 is 1.14 bits per heavy atom. The van der Waals surface area contributed by atoms with Crippen molar-refractivity contribution in [2.24, 2.45) is 0 Å². The number of rotatable bonds is 6. The first kappa shape index (κ1) is 15.0. The number of anilines is 1. The third kappa shape index (κ3) is 4.05. The van der Waals surface area contributed by atoms with Gasteiger partial charge >= 0.3 is 0 Å². The highest BCUT2D eigenvalue weighted by molar-refractivity contribution is 5.93. The van der Waals surface area contributed by atoms with Crippen molar-refractivity contribution in [1.29, 1.82) is 0 Å². The number of amides is 1. The fourth-order valence-corrected chi connectivity index (χ4v) is 2.21. The van der Waals surface area contributed by atoms with Gasteiger partial charge in [0.25, 0.3) is 5.91 Å². The Morgan fingerprint density at radius 2 is 1.90 bits per heavy atom. The van der Waals surface area contributed by atoms with Crippen LogP contribution in [0, 0.1) is 0 Å². The van der Waals surface area contributed by atoms with Gasteiger partial charge in [0.1, 0.15) is 5.69 Å². The van der Waals surface area contributed by atoms with E-state index in [0.717, 1.165) is 24.2 Å². The summed E-state index contributed by atoms with van der Waals surface area (Å²) in [7, 11) is 0. The number of aromatic nitrogens is 1. The molecule has 0 spiro atoms. The van der Waals surface area contributed by atoms with Gasteiger partial charge in [-0.2, -0.15) is 0 Å². The topological polar surface area (TPSA) is 54.0 Å². The van der Waals surface area contributed by atoms with Gasteiger partial charge < -0.3 is 10.6 Å². The molecule has 2 N–H and O–H groups in total. The number of carbonyl (C=O) groups excluding carboxylic acids is 1. The van der Waals surface area contributed by atoms with Gasteiger partial charge in [-0.3, -0.25) is 9.78 Å². The van der Waals surface area contributed by atoms with Crippen LogP contribution in [-0.4, -0.2) is 17.4 Å². The second-order valence-electron chi connectivity index (χ2n) is 4.77. The van der Waals surface area contributed by atoms with E-state index in [-0.39, 0.29) is 5.91 Å². The van der Waals surface area contributed by atoms with Crippen molar-refractivity contribution < 1.29 is 4.79 Å². The molecule has 0 unspecified atom stereocenters. The molecule has 0 radical (unpaired) electrons. The maximum atomic E-state index is 12.2. The highest BCUT2D eigenvalue weighted by atomic mass is 16.1. The molecule has 2 aromatic rings. The minimum atomic E-state index is -0.152. The molecule has 1 amide bonds. The summed E-state index contributed by atoms with van der Waals surface area (Å²) in [6.07, 6.45) is 2.60. The number of benzene rings is 1. The van der Waals surface area contributed by atoms with E-state index in [0.29, 0.717) is 12.2 Å². The van der Waals surface area contributed by atoms with Gasteiger partial charge in [0.05, 0.1) is 0 Å². The van der Waals surface area contributed by atoms with Gasteiger partial charge in [0, 0.05) is 25.0 Å². The second kappa shape index (κ2) is 7.43. The number of nitrogens with one attached hydrogen (secondary N) is 2. The fourth-order valence-electron chi connectivity index (χ4n) is 2.21. The monoisotopic (exact) mass is 283 g/mol. The van der Waals surface area contributed by atoms with Crippen molar-refractivity contribution in [2.75, 3.05) is 11.9 Å². The lowest BCUT2D eigenvalue weighted by Gasteiger charge is -2.10. The zero-order valence-corrected chi connectivity index (χ0v) is 12.5. The van der Waals surface area contributed by atoms with Crippen molar-refractivity contribution in [3.05, 3.63) is 59.4 Å². The summed E-state index contributed by atoms with van der Waals surface area (Å²) in [5, 5.41) is 6.10. The molecule has 0 bridgehead atoms. The predicted molar refractivity (Wildman–Crippen MR) is 85.4 cm³/mol. The van der Waals surface area contributed by atoms with E-state index in [4.69, 9.17) is 0 Å². The molecule has 0 saturated carbocycles. The predicted octanol–water partition coefficient (Wildman–Crippen LogP) is 3.01. The lowest BCUT2D eigenvalue weighted by molar-refractivity contribution is 0.0946. The van der Waals surface area contributed by atoms with E-state index in [1.165, 1.54) is 5.56 Å². The molecular formula is C17H21N3O. The molecule has 21 heavy (non-hydrogen) atoms. The van der Waals surface area contributed by atoms with Gasteiger partial charge in [-0.25, -0.2) is 0 Å². The first-order chi connectivity index (χ1) is 10.2. The molecule has 1 aromatic heterocycles. The Hall–Kier alpha value is -2.36. The zero-order valence-electron chi connectivity index (χ0n) is 12.5. The summed E-state index contributed by atoms with van der Waals surface area (Å²) >= 11 is 0. The summed E-state index contributed by atoms with van der Waals surface area (Å²) in [4.78, 5) is 16.3. The minimum Gasteiger partial charge on any atom is -0.385 e. The second-order valence-corrected chi connectivity index (χ2v) is 4.77. The molecule has 110 valence electrons. The van der Waals surface area contributed by atoms with Crippen molar-refractivity contribution in [3.8, 4) is 0 Å². The van der Waals surface area contributed by atoms with E-state index in [1.807, 2.05) is 31.2 Å². The van der Waals surface area contributed by atoms with Crippen molar-refractivity contribution in [2.45, 2.75) is 26.8 Å². The van der Waals surface area contributed by atoms with E-state index >= 15 is 0 Å². The van der Waals surface area contributed by atoms with Crippen LogP contribution in [0.15, 0.2) is 42.6 Å². The number of carbonyl (C=O) groups is 1. The molecule has 4 nitrogen and oxygen atoms in total. The lowest BCUT2D eigenvalue weighted by Crippen LogP contribution is -2.24. The largest absolute Gasteiger partial charge is 0.385 e. The van der Waals surface area contributed by atoms with Crippen LogP contribution in [0.1, 0.15) is 35.5 Å². The molecule has 0 saturated heterocycles. The fraction of sp³-hybridized carbons (Fsp3) is 0.294. The maximum absolute atomic E-state index is 12.2. The molecule has 0 aliphatic heterocycles. The highest BCUT2D eigenvalue weighted by Gasteiger charge is 2.08. The molecule has 4 heteroatoms. The van der Waals surface area contributed by atoms with Crippen LogP contribution in [0.25, 0.3) is 0 Å². The number of hydrogen-bond donors (Lipinski definition) is 2. The highest BCUT2D eigenvalue weighted by Crippen LogP contribution is 2.10. The van der Waals surface area contributed by atoms with E-state index < -0.39 is 0 Å². The number of aryl methyl sites for hydroxylation is 1. The van der Waals surface area contributed by atoms with Crippen LogP contribution in [0.4, 0.5) is 5.69 Å². The number of nitrogens with zero attached hydrogens (tertiary/aromatic N) is 1. The normalized spacial score (nSPS) is 10.2. The average molecular weight is 283 g/mol. The maximum Gasteiger partial charge on any atom is 0.270 e. The number of pyridine rings is 1. The SMILES string of the molecule is CCNc1ccnc(C(=O)NCc2ccccc2CC)c1. The molecule has 2 rings (SSSR count).